The molecule has 0 bridgehead atoms. The van der Waals surface area contributed by atoms with E-state index in [1.54, 1.807) is 0 Å². The van der Waals surface area contributed by atoms with E-state index in [2.05, 4.69) is 106 Å². The number of carbonyl (C=O) groups excluding carboxylic acids is 3. The summed E-state index contributed by atoms with van der Waals surface area (Å²) in [5, 5.41) is 0. The van der Waals surface area contributed by atoms with Crippen molar-refractivity contribution in [2.45, 2.75) is 271 Å². The van der Waals surface area contributed by atoms with Crippen molar-refractivity contribution in [3.05, 3.63) is 85.1 Å². The summed E-state index contributed by atoms with van der Waals surface area (Å²) in [5.74, 6) is -0.947. The smallest absolute Gasteiger partial charge is 0.306 e. The average molecular weight is 933 g/mol. The molecule has 6 heteroatoms. The number of esters is 3. The lowest BCUT2D eigenvalue weighted by Gasteiger charge is -2.18. The Balaban J connectivity index is 4.47. The van der Waals surface area contributed by atoms with Gasteiger partial charge in [-0.15, -0.1) is 0 Å². The second-order valence-electron chi connectivity index (χ2n) is 18.5. The van der Waals surface area contributed by atoms with Crippen LogP contribution in [0.15, 0.2) is 85.1 Å². The molecule has 0 aromatic heterocycles. The van der Waals surface area contributed by atoms with E-state index in [4.69, 9.17) is 14.2 Å². The molecule has 0 aliphatic heterocycles. The molecule has 0 N–H and O–H groups in total. The lowest BCUT2D eigenvalue weighted by Crippen LogP contribution is -2.30. The minimum absolute atomic E-state index is 0.0963. The Bertz CT molecular complexity index is 1300. The summed E-state index contributed by atoms with van der Waals surface area (Å²) in [5.41, 5.74) is 0. The number of carbonyl (C=O) groups is 3. The molecule has 0 spiro atoms. The molecule has 0 rings (SSSR count). The van der Waals surface area contributed by atoms with E-state index in [1.165, 1.54) is 128 Å². The molecule has 0 radical (unpaired) electrons. The third-order valence-corrected chi connectivity index (χ3v) is 11.8. The lowest BCUT2D eigenvalue weighted by atomic mass is 10.1. The second-order valence-corrected chi connectivity index (χ2v) is 18.5. The molecule has 6 nitrogen and oxygen atoms in total. The molecule has 0 amide bonds. The summed E-state index contributed by atoms with van der Waals surface area (Å²) in [6.45, 7) is 6.52. The van der Waals surface area contributed by atoms with Crippen LogP contribution < -0.4 is 0 Å². The van der Waals surface area contributed by atoms with Crippen LogP contribution in [0.4, 0.5) is 0 Å². The first-order valence-electron chi connectivity index (χ1n) is 28.1. The number of rotatable bonds is 50. The van der Waals surface area contributed by atoms with Gasteiger partial charge in [0.15, 0.2) is 6.10 Å². The van der Waals surface area contributed by atoms with E-state index < -0.39 is 6.10 Å². The molecule has 0 aliphatic rings. The highest BCUT2D eigenvalue weighted by Gasteiger charge is 2.19. The van der Waals surface area contributed by atoms with Crippen LogP contribution in [0.5, 0.6) is 0 Å². The molecular formula is C61H104O6. The van der Waals surface area contributed by atoms with Crippen LogP contribution in [0, 0.1) is 0 Å². The second kappa shape index (κ2) is 55.2. The van der Waals surface area contributed by atoms with Crippen molar-refractivity contribution in [3.8, 4) is 0 Å². The molecule has 0 aromatic carbocycles. The van der Waals surface area contributed by atoms with Crippen molar-refractivity contribution in [1.29, 1.82) is 0 Å². The van der Waals surface area contributed by atoms with Crippen molar-refractivity contribution in [2.24, 2.45) is 0 Å². The third-order valence-electron chi connectivity index (χ3n) is 11.8. The van der Waals surface area contributed by atoms with Crippen LogP contribution in [-0.2, 0) is 28.6 Å². The predicted octanol–water partition coefficient (Wildman–Crippen LogP) is 18.8. The molecule has 0 saturated carbocycles. The van der Waals surface area contributed by atoms with E-state index in [0.29, 0.717) is 19.3 Å². The van der Waals surface area contributed by atoms with Crippen molar-refractivity contribution in [1.82, 2.24) is 0 Å². The zero-order valence-corrected chi connectivity index (χ0v) is 43.9. The average Bonchev–Trinajstić information content (AvgIpc) is 3.33. The van der Waals surface area contributed by atoms with Gasteiger partial charge >= 0.3 is 17.9 Å². The maximum atomic E-state index is 12.8. The van der Waals surface area contributed by atoms with E-state index >= 15 is 0 Å². The van der Waals surface area contributed by atoms with Gasteiger partial charge in [-0.25, -0.2) is 0 Å². The lowest BCUT2D eigenvalue weighted by molar-refractivity contribution is -0.167. The van der Waals surface area contributed by atoms with Gasteiger partial charge in [0.1, 0.15) is 13.2 Å². The van der Waals surface area contributed by atoms with Crippen molar-refractivity contribution in [2.75, 3.05) is 13.2 Å². The van der Waals surface area contributed by atoms with E-state index in [1.807, 2.05) is 0 Å². The van der Waals surface area contributed by atoms with Crippen LogP contribution in [0.25, 0.3) is 0 Å². The fourth-order valence-electron chi connectivity index (χ4n) is 7.57. The number of ether oxygens (including phenoxy) is 3. The van der Waals surface area contributed by atoms with Gasteiger partial charge in [0.2, 0.25) is 0 Å². The molecule has 1 atom stereocenters. The number of unbranched alkanes of at least 4 members (excludes halogenated alkanes) is 25. The van der Waals surface area contributed by atoms with Gasteiger partial charge in [-0.2, -0.15) is 0 Å². The van der Waals surface area contributed by atoms with Gasteiger partial charge in [0.25, 0.3) is 0 Å². The molecule has 0 heterocycles. The molecule has 0 unspecified atom stereocenters. The number of hydrogen-bond acceptors (Lipinski definition) is 6. The van der Waals surface area contributed by atoms with Crippen LogP contribution >= 0.6 is 0 Å². The Hall–Kier alpha value is -3.41. The van der Waals surface area contributed by atoms with E-state index in [-0.39, 0.29) is 31.1 Å². The van der Waals surface area contributed by atoms with Gasteiger partial charge in [-0.05, 0) is 122 Å². The van der Waals surface area contributed by atoms with Crippen LogP contribution in [0.2, 0.25) is 0 Å². The zero-order valence-electron chi connectivity index (χ0n) is 43.9. The van der Waals surface area contributed by atoms with Crippen LogP contribution in [-0.4, -0.2) is 37.2 Å². The molecule has 0 saturated heterocycles. The highest BCUT2D eigenvalue weighted by Crippen LogP contribution is 2.14. The van der Waals surface area contributed by atoms with Crippen molar-refractivity contribution in [3.63, 3.8) is 0 Å². The Morgan fingerprint density at radius 1 is 0.299 bits per heavy atom. The fraction of sp³-hybridized carbons (Fsp3) is 0.721. The molecule has 0 aliphatic carbocycles. The van der Waals surface area contributed by atoms with Crippen LogP contribution in [0.3, 0.4) is 0 Å². The highest BCUT2D eigenvalue weighted by molar-refractivity contribution is 5.71. The van der Waals surface area contributed by atoms with Crippen molar-refractivity contribution >= 4 is 17.9 Å². The van der Waals surface area contributed by atoms with Gasteiger partial charge in [0, 0.05) is 19.3 Å². The minimum atomic E-state index is -0.800. The van der Waals surface area contributed by atoms with E-state index in [0.717, 1.165) is 96.3 Å². The number of allylic oxidation sites excluding steroid dienone is 14. The van der Waals surface area contributed by atoms with Gasteiger partial charge < -0.3 is 14.2 Å². The summed E-state index contributed by atoms with van der Waals surface area (Å²) in [6, 6.07) is 0. The van der Waals surface area contributed by atoms with Crippen molar-refractivity contribution < 1.29 is 28.6 Å². The first-order chi connectivity index (χ1) is 33.0. The quantitative estimate of drug-likeness (QED) is 0.0262. The zero-order chi connectivity index (χ0) is 48.6. The first kappa shape index (κ1) is 63.6. The summed E-state index contributed by atoms with van der Waals surface area (Å²) >= 11 is 0. The van der Waals surface area contributed by atoms with Gasteiger partial charge in [0.05, 0.1) is 0 Å². The summed E-state index contributed by atoms with van der Waals surface area (Å²) < 4.78 is 16.8. The molecule has 67 heavy (non-hydrogen) atoms. The maximum Gasteiger partial charge on any atom is 0.306 e. The molecular weight excluding hydrogens is 829 g/mol. The summed E-state index contributed by atoms with van der Waals surface area (Å²) in [6.07, 6.45) is 71.3. The van der Waals surface area contributed by atoms with Gasteiger partial charge in [-0.1, -0.05) is 209 Å². The SMILES string of the molecule is CCCCC/C=C\C/C=C\C/C=C\CCCCC(=O)OC[C@@H](COC(=O)CCCCCCCCC/C=C\C/C=C\CCCCC)OC(=O)CCCCCCCCC/C=C\C/C=C\CCCCC. The maximum absolute atomic E-state index is 12.8. The molecule has 0 fully saturated rings. The topological polar surface area (TPSA) is 78.9 Å². The fourth-order valence-corrected chi connectivity index (χ4v) is 7.57. The standard InChI is InChI=1S/C61H104O6/c1-4-7-10-13-16-19-22-25-28-30-33-36-39-42-45-48-51-54-60(63)66-57-58(56-65-59(62)53-50-47-44-41-38-35-32-27-24-21-18-15-12-9-6-3)67-61(64)55-52-49-46-43-40-37-34-31-29-26-23-20-17-14-11-8-5-2/h16-21,25-29,32,38,41,58H,4-15,22-24,30-31,33-37,39-40,42-57H2,1-3H3/b19-16-,20-17-,21-18-,28-25-,29-26-,32-27-,41-38-/t58-/m0/s1. The number of hydrogen-bond donors (Lipinski definition) is 0. The van der Waals surface area contributed by atoms with E-state index in [9.17, 15) is 14.4 Å². The summed E-state index contributed by atoms with van der Waals surface area (Å²) in [4.78, 5) is 38.1. The third kappa shape index (κ3) is 53.4. The monoisotopic (exact) mass is 933 g/mol. The highest BCUT2D eigenvalue weighted by atomic mass is 16.6. The summed E-state index contributed by atoms with van der Waals surface area (Å²) in [7, 11) is 0. The molecule has 384 valence electrons. The predicted molar refractivity (Wildman–Crippen MR) is 288 cm³/mol. The first-order valence-corrected chi connectivity index (χ1v) is 28.1. The Labute approximate surface area is 414 Å². The Morgan fingerprint density at radius 2 is 0.537 bits per heavy atom. The Kier molecular flexibility index (Phi) is 52.4. The largest absolute Gasteiger partial charge is 0.462 e. The molecule has 0 aromatic rings. The minimum Gasteiger partial charge on any atom is -0.462 e. The Morgan fingerprint density at radius 3 is 0.866 bits per heavy atom. The normalized spacial score (nSPS) is 12.7. The van der Waals surface area contributed by atoms with Crippen LogP contribution in [0.1, 0.15) is 265 Å². The van der Waals surface area contributed by atoms with Gasteiger partial charge in [-0.3, -0.25) is 14.4 Å².